The number of anilines is 1. The molecule has 1 saturated heterocycles. The summed E-state index contributed by atoms with van der Waals surface area (Å²) in [7, 11) is -3.67. The summed E-state index contributed by atoms with van der Waals surface area (Å²) in [4.78, 5) is 12.2. The molecule has 0 atom stereocenters. The number of nitrogen functional groups attached to an aromatic ring is 1. The van der Waals surface area contributed by atoms with E-state index in [1.165, 1.54) is 37.7 Å². The Balaban J connectivity index is 0.000000371. The molecule has 7 rings (SSSR count). The second-order valence-corrected chi connectivity index (χ2v) is 11.8. The predicted octanol–water partition coefficient (Wildman–Crippen LogP) is 4.26. The second kappa shape index (κ2) is 7.70. The van der Waals surface area contributed by atoms with Gasteiger partial charge in [-0.1, -0.05) is 12.1 Å². The highest BCUT2D eigenvalue weighted by molar-refractivity contribution is 7.85. The van der Waals surface area contributed by atoms with Gasteiger partial charge in [-0.3, -0.25) is 4.55 Å². The molecular weight excluding hydrogens is 418 g/mol. The average molecular weight is 452 g/mol. The molecule has 4 bridgehead atoms. The summed E-state index contributed by atoms with van der Waals surface area (Å²) >= 11 is 0. The molecule has 1 aromatic rings. The van der Waals surface area contributed by atoms with Crippen LogP contribution in [0.2, 0.25) is 0 Å². The fraction of sp³-hybridized carbons (Fsp3) is 0.739. The Bertz CT molecular complexity index is 870. The Labute approximate surface area is 184 Å². The van der Waals surface area contributed by atoms with Gasteiger partial charge in [0.15, 0.2) is 0 Å². The van der Waals surface area contributed by atoms with Crippen molar-refractivity contribution in [1.29, 1.82) is 0 Å². The van der Waals surface area contributed by atoms with Crippen molar-refractivity contribution in [2.75, 3.05) is 12.0 Å². The van der Waals surface area contributed by atoms with E-state index in [1.807, 2.05) is 12.1 Å². The van der Waals surface area contributed by atoms with E-state index in [2.05, 4.69) is 12.1 Å². The van der Waals surface area contributed by atoms with Gasteiger partial charge in [-0.05, 0) is 80.4 Å². The van der Waals surface area contributed by atoms with Gasteiger partial charge in [0.25, 0.3) is 10.1 Å². The molecule has 8 heteroatoms. The van der Waals surface area contributed by atoms with E-state index in [4.69, 9.17) is 24.8 Å². The van der Waals surface area contributed by atoms with Crippen LogP contribution < -0.4 is 5.73 Å². The fourth-order valence-electron chi connectivity index (χ4n) is 6.95. The van der Waals surface area contributed by atoms with Crippen molar-refractivity contribution in [3.63, 3.8) is 0 Å². The monoisotopic (exact) mass is 451 g/mol. The number of rotatable bonds is 1. The first-order valence-corrected chi connectivity index (χ1v) is 13.3. The maximum Gasteiger partial charge on any atom is 0.261 e. The Kier molecular flexibility index (Phi) is 5.37. The summed E-state index contributed by atoms with van der Waals surface area (Å²) < 4.78 is 32.7. The lowest BCUT2D eigenvalue weighted by molar-refractivity contribution is -0.390. The molecule has 3 N–H and O–H groups in total. The molecule has 2 spiro atoms. The Morgan fingerprint density at radius 1 is 0.935 bits per heavy atom. The molecule has 5 saturated carbocycles. The summed E-state index contributed by atoms with van der Waals surface area (Å²) in [5.41, 5.74) is 8.05. The minimum Gasteiger partial charge on any atom is -0.399 e. The highest BCUT2D eigenvalue weighted by Crippen LogP contribution is 2.64. The number of ether oxygens (including phenoxy) is 1. The van der Waals surface area contributed by atoms with E-state index < -0.39 is 21.7 Å². The third kappa shape index (κ3) is 4.25. The molecule has 172 valence electrons. The standard InChI is InChI=1S/C22H29NO3.CH4O3S/c23-20-3-1-16(2-4-20)17-5-7-21(8-6-17)24-22(26-25-21)18-10-14-9-15(12-18)13-19(22)11-14;1-5(2,3)4/h1-4,14-15,17-19H,5-13,23H2;1H3,(H,2,3,4). The molecule has 6 fully saturated rings. The van der Waals surface area contributed by atoms with Crippen molar-refractivity contribution in [3.8, 4) is 0 Å². The second-order valence-electron chi connectivity index (χ2n) is 10.4. The van der Waals surface area contributed by atoms with Gasteiger partial charge in [-0.15, -0.1) is 0 Å². The first kappa shape index (κ1) is 21.6. The maximum absolute atomic E-state index is 9.19. The van der Waals surface area contributed by atoms with Crippen LogP contribution >= 0.6 is 0 Å². The van der Waals surface area contributed by atoms with Crippen LogP contribution in [0.5, 0.6) is 0 Å². The largest absolute Gasteiger partial charge is 0.399 e. The van der Waals surface area contributed by atoms with Crippen molar-refractivity contribution < 1.29 is 27.5 Å². The number of hydrogen-bond acceptors (Lipinski definition) is 6. The molecule has 1 aromatic carbocycles. The number of nitrogens with two attached hydrogens (primary N) is 1. The molecule has 31 heavy (non-hydrogen) atoms. The zero-order valence-electron chi connectivity index (χ0n) is 18.0. The van der Waals surface area contributed by atoms with Crippen LogP contribution in [0.25, 0.3) is 0 Å². The zero-order chi connectivity index (χ0) is 21.9. The van der Waals surface area contributed by atoms with Crippen LogP contribution in [0.15, 0.2) is 24.3 Å². The van der Waals surface area contributed by atoms with Gasteiger partial charge in [0.05, 0.1) is 6.26 Å². The molecular formula is C23H33NO6S. The van der Waals surface area contributed by atoms with Crippen LogP contribution in [0, 0.1) is 23.7 Å². The molecule has 7 nitrogen and oxygen atoms in total. The Morgan fingerprint density at radius 2 is 1.45 bits per heavy atom. The summed E-state index contributed by atoms with van der Waals surface area (Å²) in [5.74, 6) is 2.56. The highest BCUT2D eigenvalue weighted by atomic mass is 32.2. The lowest BCUT2D eigenvalue weighted by Crippen LogP contribution is -2.59. The molecule has 0 amide bonds. The van der Waals surface area contributed by atoms with E-state index >= 15 is 0 Å². The topological polar surface area (TPSA) is 108 Å². The Hall–Kier alpha value is -1.19. The van der Waals surface area contributed by atoms with Gasteiger partial charge in [-0.25, -0.2) is 0 Å². The summed E-state index contributed by atoms with van der Waals surface area (Å²) in [6.07, 6.45) is 11.3. The summed E-state index contributed by atoms with van der Waals surface area (Å²) in [6.45, 7) is 0. The molecule has 0 radical (unpaired) electrons. The van der Waals surface area contributed by atoms with Gasteiger partial charge in [0.2, 0.25) is 11.6 Å². The molecule has 0 unspecified atom stereocenters. The quantitative estimate of drug-likeness (QED) is 0.373. The van der Waals surface area contributed by atoms with Gasteiger partial charge in [0.1, 0.15) is 0 Å². The van der Waals surface area contributed by atoms with Crippen LogP contribution in [0.4, 0.5) is 5.69 Å². The lowest BCUT2D eigenvalue weighted by atomic mass is 9.53. The van der Waals surface area contributed by atoms with Gasteiger partial charge in [-0.2, -0.15) is 18.2 Å². The third-order valence-electron chi connectivity index (χ3n) is 8.10. The van der Waals surface area contributed by atoms with Crippen LogP contribution in [0.1, 0.15) is 69.3 Å². The molecule has 6 aliphatic rings. The predicted molar refractivity (Wildman–Crippen MR) is 115 cm³/mol. The minimum absolute atomic E-state index is 0.429. The van der Waals surface area contributed by atoms with Crippen LogP contribution in [-0.2, 0) is 24.6 Å². The van der Waals surface area contributed by atoms with Crippen molar-refractivity contribution in [2.24, 2.45) is 23.7 Å². The highest BCUT2D eigenvalue weighted by Gasteiger charge is 2.66. The summed E-state index contributed by atoms with van der Waals surface area (Å²) in [5, 5.41) is 0. The number of hydrogen-bond donors (Lipinski definition) is 2. The summed E-state index contributed by atoms with van der Waals surface area (Å²) in [6, 6.07) is 8.36. The van der Waals surface area contributed by atoms with Gasteiger partial charge < -0.3 is 10.5 Å². The van der Waals surface area contributed by atoms with Crippen molar-refractivity contribution in [2.45, 2.75) is 75.3 Å². The fourth-order valence-corrected chi connectivity index (χ4v) is 6.95. The molecule has 0 aromatic heterocycles. The zero-order valence-corrected chi connectivity index (χ0v) is 18.9. The SMILES string of the molecule is CS(=O)(=O)O.Nc1ccc(C2CCC3(CC2)OOC2(O3)C3CC4CC(C3)CC2C4)cc1. The first-order valence-electron chi connectivity index (χ1n) is 11.5. The molecule has 1 heterocycles. The lowest BCUT2D eigenvalue weighted by Gasteiger charge is -2.57. The van der Waals surface area contributed by atoms with Gasteiger partial charge in [0, 0.05) is 30.4 Å². The molecule has 5 aliphatic carbocycles. The van der Waals surface area contributed by atoms with Crippen LogP contribution in [-0.4, -0.2) is 30.8 Å². The van der Waals surface area contributed by atoms with Crippen molar-refractivity contribution in [3.05, 3.63) is 29.8 Å². The van der Waals surface area contributed by atoms with E-state index in [0.29, 0.717) is 24.0 Å². The average Bonchev–Trinajstić information content (AvgIpc) is 3.06. The van der Waals surface area contributed by atoms with E-state index in [9.17, 15) is 8.42 Å². The third-order valence-corrected chi connectivity index (χ3v) is 8.10. The van der Waals surface area contributed by atoms with Gasteiger partial charge >= 0.3 is 0 Å². The smallest absolute Gasteiger partial charge is 0.261 e. The molecule has 1 aliphatic heterocycles. The normalized spacial score (nSPS) is 43.2. The Morgan fingerprint density at radius 3 is 1.97 bits per heavy atom. The number of benzene rings is 1. The maximum atomic E-state index is 9.19. The first-order chi connectivity index (χ1) is 14.6. The van der Waals surface area contributed by atoms with E-state index in [0.717, 1.165) is 43.2 Å². The van der Waals surface area contributed by atoms with Crippen molar-refractivity contribution in [1.82, 2.24) is 0 Å². The van der Waals surface area contributed by atoms with E-state index in [-0.39, 0.29) is 0 Å². The van der Waals surface area contributed by atoms with Crippen molar-refractivity contribution >= 4 is 15.8 Å². The van der Waals surface area contributed by atoms with E-state index in [1.54, 1.807) is 0 Å². The van der Waals surface area contributed by atoms with Crippen LogP contribution in [0.3, 0.4) is 0 Å². The minimum atomic E-state index is -3.67.